The van der Waals surface area contributed by atoms with E-state index in [-0.39, 0.29) is 17.9 Å². The lowest BCUT2D eigenvalue weighted by Crippen LogP contribution is -2.23. The molecule has 3 rings (SSSR count). The number of carbonyl (C=O) groups is 3. The predicted octanol–water partition coefficient (Wildman–Crippen LogP) is 3.83. The van der Waals surface area contributed by atoms with Crippen molar-refractivity contribution in [2.75, 3.05) is 12.4 Å². The molecule has 0 unspecified atom stereocenters. The number of Topliss-reactive ketones (excluding diaryl/α,β-unsaturated/α-hetero) is 1. The van der Waals surface area contributed by atoms with Crippen molar-refractivity contribution in [3.63, 3.8) is 0 Å². The summed E-state index contributed by atoms with van der Waals surface area (Å²) in [5.41, 5.74) is 2.09. The van der Waals surface area contributed by atoms with E-state index in [4.69, 9.17) is 23.2 Å². The van der Waals surface area contributed by atoms with Crippen molar-refractivity contribution in [2.24, 2.45) is 4.99 Å². The maximum absolute atomic E-state index is 12.5. The third kappa shape index (κ3) is 4.91. The lowest BCUT2D eigenvalue weighted by molar-refractivity contribution is -0.118. The first-order chi connectivity index (χ1) is 13.9. The molecule has 148 valence electrons. The molecule has 0 aliphatic carbocycles. The molecular weight excluding hydrogens is 413 g/mol. The molecule has 6 nitrogen and oxygen atoms in total. The van der Waals surface area contributed by atoms with Crippen LogP contribution in [0.4, 0.5) is 5.69 Å². The van der Waals surface area contributed by atoms with Crippen LogP contribution in [0, 0.1) is 0 Å². The molecule has 0 bridgehead atoms. The Kier molecular flexibility index (Phi) is 6.46. The number of halogens is 2. The van der Waals surface area contributed by atoms with Gasteiger partial charge in [-0.3, -0.25) is 19.4 Å². The summed E-state index contributed by atoms with van der Waals surface area (Å²) in [6.07, 6.45) is 1.96. The van der Waals surface area contributed by atoms with Crippen molar-refractivity contribution >= 4 is 52.7 Å². The molecule has 2 aromatic rings. The molecule has 8 heteroatoms. The average Bonchev–Trinajstić information content (AvgIpc) is 3.20. The van der Waals surface area contributed by atoms with Crippen LogP contribution in [0.15, 0.2) is 58.7 Å². The molecule has 0 spiro atoms. The second kappa shape index (κ2) is 9.03. The highest BCUT2D eigenvalue weighted by molar-refractivity contribution is 6.36. The fraction of sp³-hybridized carbons (Fsp3) is 0.143. The van der Waals surface area contributed by atoms with Gasteiger partial charge in [-0.15, -0.1) is 0 Å². The van der Waals surface area contributed by atoms with Gasteiger partial charge in [0.25, 0.3) is 11.8 Å². The third-order valence-corrected chi connectivity index (χ3v) is 4.89. The average molecular weight is 430 g/mol. The van der Waals surface area contributed by atoms with E-state index < -0.39 is 11.8 Å². The Morgan fingerprint density at radius 1 is 1.03 bits per heavy atom. The van der Waals surface area contributed by atoms with Crippen LogP contribution in [0.25, 0.3) is 0 Å². The minimum atomic E-state index is -0.405. The number of aliphatic imine (C=N–C) groups is 1. The van der Waals surface area contributed by atoms with E-state index in [1.807, 2.05) is 0 Å². The molecule has 2 N–H and O–H groups in total. The lowest BCUT2D eigenvalue weighted by Gasteiger charge is -2.09. The van der Waals surface area contributed by atoms with E-state index in [0.717, 1.165) is 5.56 Å². The normalized spacial score (nSPS) is 12.8. The van der Waals surface area contributed by atoms with Crippen LogP contribution < -0.4 is 10.6 Å². The molecule has 1 heterocycles. The largest absolute Gasteiger partial charge is 0.354 e. The number of ketones is 1. The number of rotatable bonds is 6. The standard InChI is InChI=1S/C21H17Cl2N3O3/c1-24-21(29)19-15(8-9-25-19)20(28)26-14-5-2-12(3-6-14)10-18(27)16-11-13(22)4-7-17(16)23/h2-7,9,11H,8,10H2,1H3,(H,24,29)(H,26,28). The molecule has 2 aromatic carbocycles. The van der Waals surface area contributed by atoms with E-state index in [2.05, 4.69) is 15.6 Å². The first-order valence-electron chi connectivity index (χ1n) is 8.75. The second-order valence-corrected chi connectivity index (χ2v) is 7.14. The molecule has 0 atom stereocenters. The fourth-order valence-corrected chi connectivity index (χ4v) is 3.22. The number of hydrogen-bond acceptors (Lipinski definition) is 4. The zero-order valence-corrected chi connectivity index (χ0v) is 17.0. The Bertz CT molecular complexity index is 1040. The summed E-state index contributed by atoms with van der Waals surface area (Å²) in [4.78, 5) is 40.7. The monoisotopic (exact) mass is 429 g/mol. The van der Waals surface area contributed by atoms with Gasteiger partial charge in [-0.1, -0.05) is 35.3 Å². The van der Waals surface area contributed by atoms with Crippen molar-refractivity contribution in [1.29, 1.82) is 0 Å². The summed E-state index contributed by atoms with van der Waals surface area (Å²) < 4.78 is 0. The van der Waals surface area contributed by atoms with E-state index in [0.29, 0.717) is 33.3 Å². The summed E-state index contributed by atoms with van der Waals surface area (Å²) in [6.45, 7) is 0. The maximum Gasteiger partial charge on any atom is 0.270 e. The van der Waals surface area contributed by atoms with Gasteiger partial charge in [-0.2, -0.15) is 0 Å². The molecule has 0 aromatic heterocycles. The van der Waals surface area contributed by atoms with Crippen molar-refractivity contribution in [2.45, 2.75) is 12.8 Å². The Hall–Kier alpha value is -2.96. The number of nitrogens with one attached hydrogen (secondary N) is 2. The summed E-state index contributed by atoms with van der Waals surface area (Å²) >= 11 is 12.0. The Morgan fingerprint density at radius 2 is 1.76 bits per heavy atom. The van der Waals surface area contributed by atoms with Crippen LogP contribution in [0.3, 0.4) is 0 Å². The topological polar surface area (TPSA) is 87.6 Å². The molecule has 2 amide bonds. The number of anilines is 1. The summed E-state index contributed by atoms with van der Waals surface area (Å²) in [5.74, 6) is -0.953. The summed E-state index contributed by atoms with van der Waals surface area (Å²) in [7, 11) is 1.48. The Morgan fingerprint density at radius 3 is 2.45 bits per heavy atom. The highest BCUT2D eigenvalue weighted by atomic mass is 35.5. The van der Waals surface area contributed by atoms with Crippen LogP contribution in [-0.2, 0) is 16.0 Å². The van der Waals surface area contributed by atoms with Gasteiger partial charge in [-0.25, -0.2) is 0 Å². The number of likely N-dealkylation sites (N-methyl/N-ethyl adjacent to an activating group) is 1. The molecule has 1 aliphatic rings. The van der Waals surface area contributed by atoms with Crippen LogP contribution in [0.1, 0.15) is 22.3 Å². The fourth-order valence-electron chi connectivity index (χ4n) is 2.82. The zero-order chi connectivity index (χ0) is 21.0. The third-order valence-electron chi connectivity index (χ3n) is 4.32. The van der Waals surface area contributed by atoms with Crippen molar-refractivity contribution in [3.05, 3.63) is 74.9 Å². The quantitative estimate of drug-likeness (QED) is 0.683. The molecular formula is C21H17Cl2N3O3. The Labute approximate surface area is 177 Å². The number of nitrogens with zero attached hydrogens (tertiary/aromatic N) is 1. The summed E-state index contributed by atoms with van der Waals surface area (Å²) in [5, 5.41) is 5.99. The van der Waals surface area contributed by atoms with E-state index in [1.54, 1.807) is 42.5 Å². The highest BCUT2D eigenvalue weighted by Crippen LogP contribution is 2.23. The molecule has 0 fully saturated rings. The number of amides is 2. The van der Waals surface area contributed by atoms with Crippen LogP contribution in [0.5, 0.6) is 0 Å². The zero-order valence-electron chi connectivity index (χ0n) is 15.5. The number of hydrogen-bond donors (Lipinski definition) is 2. The van der Waals surface area contributed by atoms with Gasteiger partial charge in [0.15, 0.2) is 5.78 Å². The smallest absolute Gasteiger partial charge is 0.270 e. The minimum absolute atomic E-state index is 0.116. The summed E-state index contributed by atoms with van der Waals surface area (Å²) in [6, 6.07) is 11.6. The number of benzene rings is 2. The lowest BCUT2D eigenvalue weighted by atomic mass is 10.0. The highest BCUT2D eigenvalue weighted by Gasteiger charge is 2.23. The van der Waals surface area contributed by atoms with Crippen molar-refractivity contribution < 1.29 is 14.4 Å². The van der Waals surface area contributed by atoms with E-state index in [1.165, 1.54) is 13.3 Å². The predicted molar refractivity (Wildman–Crippen MR) is 114 cm³/mol. The first kappa shape index (κ1) is 20.8. The van der Waals surface area contributed by atoms with E-state index >= 15 is 0 Å². The van der Waals surface area contributed by atoms with Gasteiger partial charge >= 0.3 is 0 Å². The van der Waals surface area contributed by atoms with Gasteiger partial charge in [0.05, 0.1) is 10.6 Å². The van der Waals surface area contributed by atoms with Gasteiger partial charge in [0, 0.05) is 42.4 Å². The minimum Gasteiger partial charge on any atom is -0.354 e. The molecule has 0 saturated heterocycles. The van der Waals surface area contributed by atoms with Crippen molar-refractivity contribution in [3.8, 4) is 0 Å². The van der Waals surface area contributed by atoms with Crippen molar-refractivity contribution in [1.82, 2.24) is 5.32 Å². The van der Waals surface area contributed by atoms with Crippen LogP contribution in [-0.4, -0.2) is 30.9 Å². The van der Waals surface area contributed by atoms with Crippen LogP contribution >= 0.6 is 23.2 Å². The molecule has 1 aliphatic heterocycles. The van der Waals surface area contributed by atoms with Gasteiger partial charge in [0.1, 0.15) is 5.70 Å². The van der Waals surface area contributed by atoms with Crippen LogP contribution in [0.2, 0.25) is 10.0 Å². The first-order valence-corrected chi connectivity index (χ1v) is 9.51. The van der Waals surface area contributed by atoms with Gasteiger partial charge < -0.3 is 10.6 Å². The molecule has 29 heavy (non-hydrogen) atoms. The SMILES string of the molecule is CNC(=O)C1=C(C(=O)Nc2ccc(CC(=O)c3cc(Cl)ccc3Cl)cc2)CC=N1. The molecule has 0 radical (unpaired) electrons. The number of carbonyl (C=O) groups excluding carboxylic acids is 3. The van der Waals surface area contributed by atoms with Gasteiger partial charge in [0.2, 0.25) is 0 Å². The van der Waals surface area contributed by atoms with E-state index in [9.17, 15) is 14.4 Å². The Balaban J connectivity index is 1.68. The van der Waals surface area contributed by atoms with Gasteiger partial charge in [-0.05, 0) is 35.9 Å². The maximum atomic E-state index is 12.5. The second-order valence-electron chi connectivity index (χ2n) is 6.30. The molecule has 0 saturated carbocycles.